The molecule has 0 bridgehead atoms. The Balaban J connectivity index is 0.00000256. The Kier molecular flexibility index (Phi) is 8.27. The molecule has 1 heterocycles. The van der Waals surface area contributed by atoms with Gasteiger partial charge in [-0.3, -0.25) is 4.79 Å². The predicted molar refractivity (Wildman–Crippen MR) is 66.9 cm³/mol. The normalized spacial score (nSPS) is 9.53. The van der Waals surface area contributed by atoms with Gasteiger partial charge in [-0.1, -0.05) is 6.92 Å². The van der Waals surface area contributed by atoms with Gasteiger partial charge >= 0.3 is 0 Å². The van der Waals surface area contributed by atoms with Crippen LogP contribution in [0.1, 0.15) is 23.8 Å². The van der Waals surface area contributed by atoms with Crippen LogP contribution in [-0.2, 0) is 0 Å². The summed E-state index contributed by atoms with van der Waals surface area (Å²) in [5.41, 5.74) is 0.233. The maximum absolute atomic E-state index is 12.5. The number of carbonyl (C=O) groups excluding carboxylic acids is 1. The maximum atomic E-state index is 12.5. The molecule has 0 atom stereocenters. The van der Waals surface area contributed by atoms with Crippen molar-refractivity contribution in [3.63, 3.8) is 0 Å². The molecular weight excluding hydrogens is 245 g/mol. The van der Waals surface area contributed by atoms with E-state index in [0.717, 1.165) is 25.7 Å². The molecule has 0 saturated heterocycles. The summed E-state index contributed by atoms with van der Waals surface area (Å²) in [6.45, 7) is 4.28. The van der Waals surface area contributed by atoms with Gasteiger partial charge in [-0.05, 0) is 25.1 Å². The molecule has 17 heavy (non-hydrogen) atoms. The van der Waals surface area contributed by atoms with Gasteiger partial charge in [0.15, 0.2) is 0 Å². The SMILES string of the molecule is CCCNCCNC(=O)c1ccc(F)cn1.Cl. The van der Waals surface area contributed by atoms with Crippen LogP contribution in [-0.4, -0.2) is 30.5 Å². The number of aromatic nitrogens is 1. The Morgan fingerprint density at radius 3 is 2.71 bits per heavy atom. The molecule has 0 aliphatic carbocycles. The fraction of sp³-hybridized carbons (Fsp3) is 0.455. The summed E-state index contributed by atoms with van der Waals surface area (Å²) >= 11 is 0. The van der Waals surface area contributed by atoms with Gasteiger partial charge in [0.25, 0.3) is 5.91 Å². The number of rotatable bonds is 6. The highest BCUT2D eigenvalue weighted by atomic mass is 35.5. The Labute approximate surface area is 106 Å². The summed E-state index contributed by atoms with van der Waals surface area (Å²) in [6.07, 6.45) is 2.09. The topological polar surface area (TPSA) is 54.0 Å². The third-order valence-corrected chi connectivity index (χ3v) is 1.97. The minimum atomic E-state index is -0.443. The lowest BCUT2D eigenvalue weighted by atomic mass is 10.3. The smallest absolute Gasteiger partial charge is 0.269 e. The molecule has 1 rings (SSSR count). The minimum Gasteiger partial charge on any atom is -0.349 e. The van der Waals surface area contributed by atoms with Gasteiger partial charge in [-0.2, -0.15) is 0 Å². The second-order valence-corrected chi connectivity index (χ2v) is 3.37. The molecule has 0 aliphatic heterocycles. The van der Waals surface area contributed by atoms with Gasteiger partial charge in [0, 0.05) is 13.1 Å². The van der Waals surface area contributed by atoms with Crippen molar-refractivity contribution in [1.29, 1.82) is 0 Å². The van der Waals surface area contributed by atoms with Gasteiger partial charge in [0.2, 0.25) is 0 Å². The van der Waals surface area contributed by atoms with Gasteiger partial charge in [-0.15, -0.1) is 12.4 Å². The molecule has 0 unspecified atom stereocenters. The molecule has 2 N–H and O–H groups in total. The minimum absolute atomic E-state index is 0. The molecule has 0 radical (unpaired) electrons. The quantitative estimate of drug-likeness (QED) is 0.761. The first-order valence-corrected chi connectivity index (χ1v) is 5.34. The molecule has 0 aromatic carbocycles. The van der Waals surface area contributed by atoms with Crippen molar-refractivity contribution in [2.45, 2.75) is 13.3 Å². The van der Waals surface area contributed by atoms with Crippen molar-refractivity contribution in [3.8, 4) is 0 Å². The van der Waals surface area contributed by atoms with Crippen LogP contribution in [0.4, 0.5) is 4.39 Å². The molecule has 0 spiro atoms. The molecule has 0 fully saturated rings. The molecule has 4 nitrogen and oxygen atoms in total. The highest BCUT2D eigenvalue weighted by molar-refractivity contribution is 5.92. The molecule has 0 saturated carbocycles. The fourth-order valence-electron chi connectivity index (χ4n) is 1.17. The number of nitrogens with zero attached hydrogens (tertiary/aromatic N) is 1. The van der Waals surface area contributed by atoms with E-state index in [1.165, 1.54) is 12.1 Å². The van der Waals surface area contributed by atoms with Crippen molar-refractivity contribution < 1.29 is 9.18 Å². The Bertz CT molecular complexity index is 332. The summed E-state index contributed by atoms with van der Waals surface area (Å²) in [4.78, 5) is 15.2. The standard InChI is InChI=1S/C11H16FN3O.ClH/c1-2-5-13-6-7-14-11(16)10-4-3-9(12)8-15-10;/h3-4,8,13H,2,5-7H2,1H3,(H,14,16);1H. The van der Waals surface area contributed by atoms with Gasteiger partial charge in [0.1, 0.15) is 11.5 Å². The first-order chi connectivity index (χ1) is 7.74. The van der Waals surface area contributed by atoms with Crippen LogP contribution >= 0.6 is 12.4 Å². The second-order valence-electron chi connectivity index (χ2n) is 3.37. The maximum Gasteiger partial charge on any atom is 0.269 e. The molecule has 1 aromatic heterocycles. The van der Waals surface area contributed by atoms with Crippen molar-refractivity contribution in [2.75, 3.05) is 19.6 Å². The van der Waals surface area contributed by atoms with Gasteiger partial charge < -0.3 is 10.6 Å². The molecular formula is C11H17ClFN3O. The zero-order chi connectivity index (χ0) is 11.8. The molecule has 1 amide bonds. The summed E-state index contributed by atoms with van der Waals surface area (Å²) < 4.78 is 12.5. The fourth-order valence-corrected chi connectivity index (χ4v) is 1.17. The summed E-state index contributed by atoms with van der Waals surface area (Å²) in [5, 5.41) is 5.85. The van der Waals surface area contributed by atoms with E-state index in [9.17, 15) is 9.18 Å². The Morgan fingerprint density at radius 2 is 2.12 bits per heavy atom. The number of hydrogen-bond donors (Lipinski definition) is 2. The van der Waals surface area contributed by atoms with Crippen LogP contribution in [0.15, 0.2) is 18.3 Å². The van der Waals surface area contributed by atoms with Gasteiger partial charge in [0.05, 0.1) is 6.20 Å². The largest absolute Gasteiger partial charge is 0.349 e. The van der Waals surface area contributed by atoms with E-state index in [0.29, 0.717) is 6.54 Å². The summed E-state index contributed by atoms with van der Waals surface area (Å²) in [5.74, 6) is -0.723. The van der Waals surface area contributed by atoms with Crippen molar-refractivity contribution in [1.82, 2.24) is 15.6 Å². The zero-order valence-corrected chi connectivity index (χ0v) is 10.5. The number of amides is 1. The lowest BCUT2D eigenvalue weighted by molar-refractivity contribution is 0.0949. The number of pyridine rings is 1. The van der Waals surface area contributed by atoms with Crippen LogP contribution in [0.3, 0.4) is 0 Å². The number of carbonyl (C=O) groups is 1. The molecule has 1 aromatic rings. The number of hydrogen-bond acceptors (Lipinski definition) is 3. The monoisotopic (exact) mass is 261 g/mol. The third-order valence-electron chi connectivity index (χ3n) is 1.97. The molecule has 96 valence electrons. The third kappa shape index (κ3) is 6.19. The second kappa shape index (κ2) is 8.90. The van der Waals surface area contributed by atoms with Crippen LogP contribution in [0.25, 0.3) is 0 Å². The van der Waals surface area contributed by atoms with E-state index < -0.39 is 5.82 Å². The highest BCUT2D eigenvalue weighted by Gasteiger charge is 2.05. The highest BCUT2D eigenvalue weighted by Crippen LogP contribution is 1.97. The lowest BCUT2D eigenvalue weighted by Crippen LogP contribution is -2.32. The zero-order valence-electron chi connectivity index (χ0n) is 9.70. The van der Waals surface area contributed by atoms with Gasteiger partial charge in [-0.25, -0.2) is 9.37 Å². The average molecular weight is 262 g/mol. The lowest BCUT2D eigenvalue weighted by Gasteiger charge is -2.05. The van der Waals surface area contributed by atoms with E-state index >= 15 is 0 Å². The van der Waals surface area contributed by atoms with Crippen molar-refractivity contribution in [3.05, 3.63) is 29.8 Å². The molecule has 6 heteroatoms. The average Bonchev–Trinajstić information content (AvgIpc) is 2.29. The van der Waals surface area contributed by atoms with Crippen LogP contribution < -0.4 is 10.6 Å². The predicted octanol–water partition coefficient (Wildman–Crippen LogP) is 1.37. The van der Waals surface area contributed by atoms with E-state index in [2.05, 4.69) is 22.5 Å². The van der Waals surface area contributed by atoms with E-state index in [-0.39, 0.29) is 24.0 Å². The Morgan fingerprint density at radius 1 is 1.35 bits per heavy atom. The van der Waals surface area contributed by atoms with E-state index in [1.54, 1.807) is 0 Å². The van der Waals surface area contributed by atoms with E-state index in [1.807, 2.05) is 0 Å². The van der Waals surface area contributed by atoms with Crippen LogP contribution in [0, 0.1) is 5.82 Å². The van der Waals surface area contributed by atoms with Crippen LogP contribution in [0.2, 0.25) is 0 Å². The first kappa shape index (κ1) is 15.8. The molecule has 0 aliphatic rings. The van der Waals surface area contributed by atoms with E-state index in [4.69, 9.17) is 0 Å². The number of halogens is 2. The summed E-state index contributed by atoms with van der Waals surface area (Å²) in [6, 6.07) is 2.58. The number of nitrogens with one attached hydrogen (secondary N) is 2. The Hall–Kier alpha value is -1.20. The summed E-state index contributed by atoms with van der Waals surface area (Å²) in [7, 11) is 0. The van der Waals surface area contributed by atoms with Crippen molar-refractivity contribution in [2.24, 2.45) is 0 Å². The van der Waals surface area contributed by atoms with Crippen LogP contribution in [0.5, 0.6) is 0 Å². The first-order valence-electron chi connectivity index (χ1n) is 5.34. The van der Waals surface area contributed by atoms with Crippen molar-refractivity contribution >= 4 is 18.3 Å².